The Morgan fingerprint density at radius 1 is 0.742 bits per heavy atom. The van der Waals surface area contributed by atoms with Crippen LogP contribution in [-0.2, 0) is 33.3 Å². The van der Waals surface area contributed by atoms with Crippen molar-refractivity contribution < 1.29 is 38.4 Å². The molecule has 0 aromatic heterocycles. The summed E-state index contributed by atoms with van der Waals surface area (Å²) < 4.78 is 21.0. The van der Waals surface area contributed by atoms with Crippen molar-refractivity contribution in [2.45, 2.75) is 65.0 Å². The summed E-state index contributed by atoms with van der Waals surface area (Å²) >= 11 is 0. The zero-order valence-electron chi connectivity index (χ0n) is 18.2. The van der Waals surface area contributed by atoms with E-state index in [1.165, 1.54) is 24.3 Å². The summed E-state index contributed by atoms with van der Waals surface area (Å²) in [4.78, 5) is 36.2. The minimum atomic E-state index is -1.23. The van der Waals surface area contributed by atoms with Gasteiger partial charge in [0.05, 0.1) is 0 Å². The summed E-state index contributed by atoms with van der Waals surface area (Å²) in [7, 11) is 0. The molecule has 0 radical (unpaired) electrons. The van der Waals surface area contributed by atoms with Gasteiger partial charge in [0.1, 0.15) is 11.1 Å². The van der Waals surface area contributed by atoms with Crippen LogP contribution in [0.5, 0.6) is 0 Å². The van der Waals surface area contributed by atoms with Crippen LogP contribution in [-0.4, -0.2) is 34.6 Å². The maximum atomic E-state index is 12.1. The third kappa shape index (κ3) is 6.34. The molecule has 8 nitrogen and oxygen atoms in total. The zero-order valence-corrected chi connectivity index (χ0v) is 18.2. The van der Waals surface area contributed by atoms with E-state index >= 15 is 0 Å². The highest BCUT2D eigenvalue weighted by Gasteiger charge is 2.41. The number of ether oxygens (including phenoxy) is 4. The van der Waals surface area contributed by atoms with Crippen LogP contribution >= 0.6 is 0 Å². The number of carbonyl (C=O) groups excluding carboxylic acids is 3. The van der Waals surface area contributed by atoms with E-state index in [2.05, 4.69) is 0 Å². The minimum absolute atomic E-state index is 0.0906. The second-order valence-corrected chi connectivity index (χ2v) is 7.47. The Morgan fingerprint density at radius 2 is 1.23 bits per heavy atom. The highest BCUT2D eigenvalue weighted by molar-refractivity contribution is 6.15. The average molecular weight is 432 g/mol. The van der Waals surface area contributed by atoms with Gasteiger partial charge >= 0.3 is 17.9 Å². The van der Waals surface area contributed by atoms with Crippen LogP contribution in [0.2, 0.25) is 0 Å². The average Bonchev–Trinajstić information content (AvgIpc) is 2.64. The molecule has 1 atom stereocenters. The van der Waals surface area contributed by atoms with Gasteiger partial charge in [0.15, 0.2) is 0 Å². The lowest BCUT2D eigenvalue weighted by Gasteiger charge is -2.33. The summed E-state index contributed by atoms with van der Waals surface area (Å²) in [5.41, 5.74) is -0.284. The van der Waals surface area contributed by atoms with Gasteiger partial charge in [-0.2, -0.15) is 0 Å². The van der Waals surface area contributed by atoms with Crippen LogP contribution in [0.3, 0.4) is 0 Å². The number of cyclic esters (lactones) is 3. The molecule has 8 heteroatoms. The summed E-state index contributed by atoms with van der Waals surface area (Å²) in [5.74, 6) is -5.01. The van der Waals surface area contributed by atoms with E-state index in [4.69, 9.17) is 18.9 Å². The molecule has 0 aliphatic carbocycles. The maximum Gasteiger partial charge on any atom is 0.348 e. The molecule has 2 aliphatic heterocycles. The first-order valence-corrected chi connectivity index (χ1v) is 10.2. The molecule has 1 saturated heterocycles. The topological polar surface area (TPSA) is 108 Å². The van der Waals surface area contributed by atoms with E-state index in [1.54, 1.807) is 32.1 Å². The molecule has 2 heterocycles. The Balaban J connectivity index is 1.96. The van der Waals surface area contributed by atoms with Crippen LogP contribution < -0.4 is 0 Å². The lowest BCUT2D eigenvalue weighted by Crippen LogP contribution is -2.44. The first-order chi connectivity index (χ1) is 14.6. The molecular weight excluding hydrogens is 404 g/mol. The molecule has 0 aromatic carbocycles. The standard InChI is InChI=1S/C23H28O8/c1-5-14-22(3)28-18(24)16(19(25)29-22)12-10-8-7-9-11-13-17-20(26)30-23(4,15-6-2)31-21(17)27/h7-13,24H,5-6,14-15H2,1-4H3/b8-7+,11-9+,12-10+,17-13?. The predicted octanol–water partition coefficient (Wildman–Crippen LogP) is 4.06. The number of aliphatic hydroxyl groups is 1. The van der Waals surface area contributed by atoms with Gasteiger partial charge in [-0.25, -0.2) is 14.4 Å². The highest BCUT2D eigenvalue weighted by Crippen LogP contribution is 2.30. The lowest BCUT2D eigenvalue weighted by molar-refractivity contribution is -0.233. The molecule has 0 amide bonds. The molecule has 2 rings (SSSR count). The second kappa shape index (κ2) is 10.1. The normalized spacial score (nSPS) is 27.0. The second-order valence-electron chi connectivity index (χ2n) is 7.47. The van der Waals surface area contributed by atoms with Gasteiger partial charge in [0.2, 0.25) is 0 Å². The molecule has 2 aliphatic rings. The number of hydrogen-bond donors (Lipinski definition) is 1. The number of aliphatic hydroxyl groups excluding tert-OH is 1. The van der Waals surface area contributed by atoms with E-state index in [-0.39, 0.29) is 11.1 Å². The van der Waals surface area contributed by atoms with Crippen molar-refractivity contribution in [3.05, 3.63) is 59.6 Å². The van der Waals surface area contributed by atoms with Crippen molar-refractivity contribution >= 4 is 17.9 Å². The Bertz CT molecular complexity index is 854. The van der Waals surface area contributed by atoms with Gasteiger partial charge in [-0.3, -0.25) is 0 Å². The summed E-state index contributed by atoms with van der Waals surface area (Å²) in [6.07, 6.45) is 12.7. The number of rotatable bonds is 8. The number of allylic oxidation sites excluding steroid dienone is 6. The van der Waals surface area contributed by atoms with E-state index in [1.807, 2.05) is 13.8 Å². The fourth-order valence-corrected chi connectivity index (χ4v) is 3.11. The molecule has 1 fully saturated rings. The number of esters is 3. The Hall–Kier alpha value is -3.29. The van der Waals surface area contributed by atoms with Crippen molar-refractivity contribution in [2.75, 3.05) is 0 Å². The predicted molar refractivity (Wildman–Crippen MR) is 111 cm³/mol. The smallest absolute Gasteiger partial charge is 0.348 e. The lowest BCUT2D eigenvalue weighted by atomic mass is 10.1. The summed E-state index contributed by atoms with van der Waals surface area (Å²) in [6, 6.07) is 0. The van der Waals surface area contributed by atoms with Crippen LogP contribution in [0.15, 0.2) is 59.6 Å². The van der Waals surface area contributed by atoms with Gasteiger partial charge in [0, 0.05) is 26.7 Å². The molecule has 168 valence electrons. The van der Waals surface area contributed by atoms with Crippen molar-refractivity contribution in [2.24, 2.45) is 0 Å². The van der Waals surface area contributed by atoms with Gasteiger partial charge in [-0.05, 0) is 25.0 Å². The fraction of sp³-hybridized carbons (Fsp3) is 0.435. The number of hydrogen-bond acceptors (Lipinski definition) is 8. The van der Waals surface area contributed by atoms with Gasteiger partial charge in [-0.1, -0.05) is 44.2 Å². The van der Waals surface area contributed by atoms with Crippen molar-refractivity contribution in [3.63, 3.8) is 0 Å². The van der Waals surface area contributed by atoms with Crippen LogP contribution in [0.1, 0.15) is 53.4 Å². The fourth-order valence-electron chi connectivity index (χ4n) is 3.11. The number of carbonyl (C=O) groups is 3. The van der Waals surface area contributed by atoms with Crippen LogP contribution in [0.25, 0.3) is 0 Å². The SMILES string of the molecule is CCCC1(C)OC(=O)C(=C/C=C/C=C/C=C/C2=C(O)OC(C)(CCC)OC2=O)C(=O)O1. The van der Waals surface area contributed by atoms with Gasteiger partial charge in [0.25, 0.3) is 17.5 Å². The minimum Gasteiger partial charge on any atom is -0.480 e. The quantitative estimate of drug-likeness (QED) is 0.265. The highest BCUT2D eigenvalue weighted by atomic mass is 16.8. The van der Waals surface area contributed by atoms with Gasteiger partial charge in [-0.15, -0.1) is 0 Å². The van der Waals surface area contributed by atoms with Crippen LogP contribution in [0, 0.1) is 0 Å². The first-order valence-electron chi connectivity index (χ1n) is 10.2. The molecule has 1 N–H and O–H groups in total. The van der Waals surface area contributed by atoms with Crippen molar-refractivity contribution in [1.82, 2.24) is 0 Å². The van der Waals surface area contributed by atoms with E-state index in [0.717, 1.165) is 6.42 Å². The maximum absolute atomic E-state index is 12.1. The molecule has 0 bridgehead atoms. The van der Waals surface area contributed by atoms with E-state index in [9.17, 15) is 19.5 Å². The first kappa shape index (κ1) is 24.0. The Kier molecular flexibility index (Phi) is 7.85. The Morgan fingerprint density at radius 3 is 1.77 bits per heavy atom. The van der Waals surface area contributed by atoms with Crippen LogP contribution in [0.4, 0.5) is 0 Å². The molecule has 31 heavy (non-hydrogen) atoms. The van der Waals surface area contributed by atoms with Gasteiger partial charge < -0.3 is 24.1 Å². The third-order valence-corrected chi connectivity index (χ3v) is 4.51. The van der Waals surface area contributed by atoms with E-state index in [0.29, 0.717) is 19.3 Å². The molecule has 0 spiro atoms. The summed E-state index contributed by atoms with van der Waals surface area (Å²) in [6.45, 7) is 6.95. The molecular formula is C23H28O8. The third-order valence-electron chi connectivity index (χ3n) is 4.51. The largest absolute Gasteiger partial charge is 0.480 e. The molecule has 0 saturated carbocycles. The van der Waals surface area contributed by atoms with Crippen molar-refractivity contribution in [1.29, 1.82) is 0 Å². The zero-order chi connectivity index (χ0) is 23.1. The van der Waals surface area contributed by atoms with Crippen molar-refractivity contribution in [3.8, 4) is 0 Å². The summed E-state index contributed by atoms with van der Waals surface area (Å²) in [5, 5.41) is 9.98. The van der Waals surface area contributed by atoms with E-state index < -0.39 is 35.4 Å². The Labute approximate surface area is 181 Å². The monoisotopic (exact) mass is 432 g/mol. The molecule has 1 unspecified atom stereocenters. The molecule has 0 aromatic rings.